The molecule has 1 fully saturated rings. The van der Waals surface area contributed by atoms with Gasteiger partial charge in [0.2, 0.25) is 11.8 Å². The Labute approximate surface area is 196 Å². The summed E-state index contributed by atoms with van der Waals surface area (Å²) in [4.78, 5) is 53.7. The van der Waals surface area contributed by atoms with Crippen LogP contribution in [0.1, 0.15) is 31.2 Å². The number of nitrogens with zero attached hydrogens (tertiary/aromatic N) is 1. The number of ketones is 2. The lowest BCUT2D eigenvalue weighted by Gasteiger charge is -2.42. The number of benzene rings is 2. The Balaban J connectivity index is 1.62. The molecule has 1 saturated heterocycles. The lowest BCUT2D eigenvalue weighted by molar-refractivity contribution is -0.138. The zero-order valence-corrected chi connectivity index (χ0v) is 18.9. The highest BCUT2D eigenvalue weighted by molar-refractivity contribution is 6.24. The number of aromatic hydroxyl groups is 1. The summed E-state index contributed by atoms with van der Waals surface area (Å²) in [6.07, 6.45) is 4.12. The van der Waals surface area contributed by atoms with Crippen molar-refractivity contribution in [2.45, 2.75) is 25.7 Å². The number of rotatable bonds is 1. The molecule has 0 saturated carbocycles. The lowest BCUT2D eigenvalue weighted by Crippen LogP contribution is -2.39. The third kappa shape index (κ3) is 2.62. The van der Waals surface area contributed by atoms with Gasteiger partial charge < -0.3 is 5.11 Å². The monoisotopic (exact) mass is 453 g/mol. The number of Topliss-reactive ketones (excluding diaryl/α,β-unsaturated/α-hetero) is 1. The van der Waals surface area contributed by atoms with Crippen LogP contribution in [0.15, 0.2) is 70.8 Å². The Morgan fingerprint density at radius 1 is 0.941 bits per heavy atom. The summed E-state index contributed by atoms with van der Waals surface area (Å²) >= 11 is 0. The molecule has 6 rings (SSSR count). The van der Waals surface area contributed by atoms with E-state index in [2.05, 4.69) is 0 Å². The summed E-state index contributed by atoms with van der Waals surface area (Å²) in [6.45, 7) is 1.64. The van der Waals surface area contributed by atoms with E-state index in [4.69, 9.17) is 0 Å². The van der Waals surface area contributed by atoms with E-state index in [1.807, 2.05) is 30.3 Å². The predicted octanol–water partition coefficient (Wildman–Crippen LogP) is 3.60. The minimum Gasteiger partial charge on any atom is -0.507 e. The maximum Gasteiger partial charge on any atom is 0.233 e. The van der Waals surface area contributed by atoms with Crippen LogP contribution in [0.25, 0.3) is 10.8 Å². The van der Waals surface area contributed by atoms with Crippen molar-refractivity contribution in [2.24, 2.45) is 17.8 Å². The van der Waals surface area contributed by atoms with Crippen molar-refractivity contribution >= 4 is 34.2 Å². The maximum atomic E-state index is 13.3. The van der Waals surface area contributed by atoms with E-state index in [-0.39, 0.29) is 41.5 Å². The van der Waals surface area contributed by atoms with Crippen LogP contribution < -0.4 is 0 Å². The van der Waals surface area contributed by atoms with Gasteiger partial charge in [-0.1, -0.05) is 42.0 Å². The molecule has 0 aromatic heterocycles. The van der Waals surface area contributed by atoms with Crippen LogP contribution in [-0.4, -0.2) is 40.4 Å². The maximum absolute atomic E-state index is 13.3. The lowest BCUT2D eigenvalue weighted by atomic mass is 9.59. The average molecular weight is 453 g/mol. The Kier molecular flexibility index (Phi) is 4.34. The SMILES string of the molecule is CC1=CC(=O)C2=C(CC3C(=CCC4C(=O)N(C)C(=O)C43)C2c2ccc(O)c3ccccc23)C1=O. The van der Waals surface area contributed by atoms with Gasteiger partial charge in [-0.25, -0.2) is 0 Å². The van der Waals surface area contributed by atoms with Crippen LogP contribution >= 0.6 is 0 Å². The third-order valence-corrected chi connectivity index (χ3v) is 8.03. The van der Waals surface area contributed by atoms with Gasteiger partial charge in [0, 0.05) is 35.1 Å². The quantitative estimate of drug-likeness (QED) is 0.405. The van der Waals surface area contributed by atoms with Crippen LogP contribution in [0.2, 0.25) is 0 Å². The number of hydrogen-bond acceptors (Lipinski definition) is 5. The molecule has 0 bridgehead atoms. The number of phenols is 1. The van der Waals surface area contributed by atoms with Crippen molar-refractivity contribution < 1.29 is 24.3 Å². The zero-order chi connectivity index (χ0) is 23.9. The molecule has 4 atom stereocenters. The second-order valence-corrected chi connectivity index (χ2v) is 9.68. The molecule has 34 heavy (non-hydrogen) atoms. The van der Waals surface area contributed by atoms with Gasteiger partial charge in [0.15, 0.2) is 11.6 Å². The summed E-state index contributed by atoms with van der Waals surface area (Å²) in [5.74, 6) is -2.45. The van der Waals surface area contributed by atoms with Crippen molar-refractivity contribution in [2.75, 3.05) is 7.05 Å². The predicted molar refractivity (Wildman–Crippen MR) is 125 cm³/mol. The molecule has 6 heteroatoms. The molecule has 4 aliphatic rings. The Morgan fingerprint density at radius 3 is 2.44 bits per heavy atom. The van der Waals surface area contributed by atoms with E-state index in [9.17, 15) is 24.3 Å². The second kappa shape index (κ2) is 7.10. The first-order valence-electron chi connectivity index (χ1n) is 11.5. The van der Waals surface area contributed by atoms with Gasteiger partial charge in [-0.15, -0.1) is 0 Å². The number of imide groups is 1. The Bertz CT molecular complexity index is 1440. The van der Waals surface area contributed by atoms with Crippen LogP contribution in [0, 0.1) is 17.8 Å². The van der Waals surface area contributed by atoms with Crippen LogP contribution in [0.5, 0.6) is 5.75 Å². The molecule has 4 unspecified atom stereocenters. The summed E-state index contributed by atoms with van der Waals surface area (Å²) in [7, 11) is 1.52. The first-order chi connectivity index (χ1) is 16.3. The minimum absolute atomic E-state index is 0.138. The van der Waals surface area contributed by atoms with Crippen molar-refractivity contribution in [1.82, 2.24) is 4.90 Å². The normalized spacial score (nSPS) is 28.6. The highest BCUT2D eigenvalue weighted by Crippen LogP contribution is 2.55. The fraction of sp³-hybridized carbons (Fsp3) is 0.286. The fourth-order valence-electron chi connectivity index (χ4n) is 6.45. The van der Waals surface area contributed by atoms with Gasteiger partial charge >= 0.3 is 0 Å². The molecule has 1 N–H and O–H groups in total. The molecule has 170 valence electrons. The highest BCUT2D eigenvalue weighted by Gasteiger charge is 2.55. The van der Waals surface area contributed by atoms with Gasteiger partial charge in [0.05, 0.1) is 11.8 Å². The van der Waals surface area contributed by atoms with Gasteiger partial charge in [-0.05, 0) is 48.8 Å². The van der Waals surface area contributed by atoms with Crippen molar-refractivity contribution in [3.8, 4) is 5.75 Å². The molecule has 2 aromatic carbocycles. The van der Waals surface area contributed by atoms with Crippen molar-refractivity contribution in [1.29, 1.82) is 0 Å². The second-order valence-electron chi connectivity index (χ2n) is 9.68. The first kappa shape index (κ1) is 20.8. The van der Waals surface area contributed by atoms with E-state index in [1.165, 1.54) is 18.0 Å². The van der Waals surface area contributed by atoms with Crippen LogP contribution in [0.3, 0.4) is 0 Å². The summed E-state index contributed by atoms with van der Waals surface area (Å²) in [5, 5.41) is 11.9. The van der Waals surface area contributed by atoms with Crippen molar-refractivity contribution in [3.63, 3.8) is 0 Å². The third-order valence-electron chi connectivity index (χ3n) is 8.03. The Hall–Kier alpha value is -3.80. The molecule has 2 amide bonds. The van der Waals surface area contributed by atoms with E-state index in [1.54, 1.807) is 19.1 Å². The molecule has 6 nitrogen and oxygen atoms in total. The number of amides is 2. The van der Waals surface area contributed by atoms with Gasteiger partial charge in [-0.3, -0.25) is 24.1 Å². The van der Waals surface area contributed by atoms with Crippen LogP contribution in [0.4, 0.5) is 0 Å². The summed E-state index contributed by atoms with van der Waals surface area (Å²) in [6, 6.07) is 10.8. The minimum atomic E-state index is -0.536. The van der Waals surface area contributed by atoms with E-state index >= 15 is 0 Å². The number of allylic oxidation sites excluding steroid dienone is 6. The molecular formula is C28H23NO5. The number of carbonyl (C=O) groups is 4. The van der Waals surface area contributed by atoms with Gasteiger partial charge in [0.1, 0.15) is 5.75 Å². The molecule has 0 radical (unpaired) electrons. The van der Waals surface area contributed by atoms with E-state index < -0.39 is 17.8 Å². The smallest absolute Gasteiger partial charge is 0.233 e. The molecule has 2 aromatic rings. The topological polar surface area (TPSA) is 91.8 Å². The number of likely N-dealkylation sites (tertiary alicyclic amines) is 1. The molecule has 1 aliphatic heterocycles. The number of hydrogen-bond donors (Lipinski definition) is 1. The summed E-state index contributed by atoms with van der Waals surface area (Å²) in [5.41, 5.74) is 3.03. The summed E-state index contributed by atoms with van der Waals surface area (Å²) < 4.78 is 0. The molecule has 0 spiro atoms. The van der Waals surface area contributed by atoms with Gasteiger partial charge in [-0.2, -0.15) is 0 Å². The number of phenolic OH excluding ortho intramolecular Hbond substituents is 1. The molecular weight excluding hydrogens is 430 g/mol. The largest absolute Gasteiger partial charge is 0.507 e. The Morgan fingerprint density at radius 2 is 1.68 bits per heavy atom. The number of carbonyl (C=O) groups excluding carboxylic acids is 4. The standard InChI is InChI=1S/C28H23NO5/c1-13-11-22(31)25-20(26(13)32)12-19-17(7-8-18-24(19)28(34)29(2)27(18)33)23(25)16-9-10-21(30)15-6-4-3-5-14(15)16/h3-7,9-11,18-19,23-24,30H,8,12H2,1-2H3. The van der Waals surface area contributed by atoms with Crippen molar-refractivity contribution in [3.05, 3.63) is 76.4 Å². The van der Waals surface area contributed by atoms with Crippen LogP contribution in [-0.2, 0) is 19.2 Å². The van der Waals surface area contributed by atoms with E-state index in [0.717, 1.165) is 16.5 Å². The molecule has 3 aliphatic carbocycles. The molecule has 1 heterocycles. The van der Waals surface area contributed by atoms with Gasteiger partial charge in [0.25, 0.3) is 0 Å². The highest BCUT2D eigenvalue weighted by atomic mass is 16.3. The zero-order valence-electron chi connectivity index (χ0n) is 18.9. The number of fused-ring (bicyclic) bond motifs is 4. The van der Waals surface area contributed by atoms with E-state index in [0.29, 0.717) is 28.5 Å². The first-order valence-corrected chi connectivity index (χ1v) is 11.5. The fourth-order valence-corrected chi connectivity index (χ4v) is 6.45. The average Bonchev–Trinajstić information content (AvgIpc) is 3.06.